The number of methoxy groups -OCH3 is 1. The fourth-order valence-corrected chi connectivity index (χ4v) is 6.05. The van der Waals surface area contributed by atoms with E-state index in [0.717, 1.165) is 59.0 Å². The Bertz CT molecular complexity index is 1260. The summed E-state index contributed by atoms with van der Waals surface area (Å²) in [5.74, 6) is 1.82. The molecule has 0 aliphatic carbocycles. The Hall–Kier alpha value is -2.65. The second-order valence-corrected chi connectivity index (χ2v) is 11.2. The highest BCUT2D eigenvalue weighted by atomic mass is 35.5. The van der Waals surface area contributed by atoms with Gasteiger partial charge in [0.15, 0.2) is 0 Å². The normalized spacial score (nSPS) is 14.8. The van der Waals surface area contributed by atoms with E-state index in [-0.39, 0.29) is 5.91 Å². The molecule has 1 aliphatic heterocycles. The van der Waals surface area contributed by atoms with Crippen molar-refractivity contribution in [1.82, 2.24) is 14.7 Å². The average molecular weight is 527 g/mol. The number of thiophene rings is 2. The van der Waals surface area contributed by atoms with Gasteiger partial charge in [0.25, 0.3) is 5.91 Å². The summed E-state index contributed by atoms with van der Waals surface area (Å²) in [6, 6.07) is 16.1. The lowest BCUT2D eigenvalue weighted by atomic mass is 9.93. The van der Waals surface area contributed by atoms with Crippen molar-refractivity contribution >= 4 is 46.0 Å². The van der Waals surface area contributed by atoms with E-state index in [9.17, 15) is 4.79 Å². The van der Waals surface area contributed by atoms with E-state index in [1.165, 1.54) is 32.9 Å². The van der Waals surface area contributed by atoms with Gasteiger partial charge in [-0.2, -0.15) is 21.1 Å². The number of carbonyl (C=O) groups is 1. The van der Waals surface area contributed by atoms with Gasteiger partial charge in [0.2, 0.25) is 0 Å². The highest BCUT2D eigenvalue weighted by molar-refractivity contribution is 7.16. The van der Waals surface area contributed by atoms with Crippen LogP contribution in [0.1, 0.15) is 45.3 Å². The molecule has 0 unspecified atom stereocenters. The van der Waals surface area contributed by atoms with E-state index in [1.54, 1.807) is 7.11 Å². The van der Waals surface area contributed by atoms with Crippen LogP contribution in [-0.4, -0.2) is 40.8 Å². The third-order valence-corrected chi connectivity index (χ3v) is 8.25. The molecule has 6 nitrogen and oxygen atoms in total. The number of carbonyl (C=O) groups excluding carboxylic acids is 1. The predicted octanol–water partition coefficient (Wildman–Crippen LogP) is 6.35. The molecule has 9 heteroatoms. The molecule has 0 bridgehead atoms. The van der Waals surface area contributed by atoms with Crippen molar-refractivity contribution in [2.45, 2.75) is 31.8 Å². The molecule has 0 saturated carbocycles. The van der Waals surface area contributed by atoms with Gasteiger partial charge in [-0.1, -0.05) is 23.7 Å². The maximum atomic E-state index is 13.2. The lowest BCUT2D eigenvalue weighted by molar-refractivity contribution is 0.0947. The van der Waals surface area contributed by atoms with Gasteiger partial charge in [0, 0.05) is 28.8 Å². The van der Waals surface area contributed by atoms with Gasteiger partial charge in [0.1, 0.15) is 11.6 Å². The lowest BCUT2D eigenvalue weighted by Gasteiger charge is -2.31. The van der Waals surface area contributed by atoms with Crippen molar-refractivity contribution in [1.29, 1.82) is 0 Å². The highest BCUT2D eigenvalue weighted by Crippen LogP contribution is 2.31. The van der Waals surface area contributed by atoms with Crippen molar-refractivity contribution < 1.29 is 9.53 Å². The van der Waals surface area contributed by atoms with Crippen molar-refractivity contribution in [3.05, 3.63) is 85.3 Å². The summed E-state index contributed by atoms with van der Waals surface area (Å²) >= 11 is 9.13. The first-order chi connectivity index (χ1) is 17.1. The van der Waals surface area contributed by atoms with Gasteiger partial charge in [-0.25, -0.2) is 0 Å². The number of nitrogens with one attached hydrogen (secondary N) is 1. The molecule has 0 spiro atoms. The summed E-state index contributed by atoms with van der Waals surface area (Å²) < 4.78 is 7.54. The SMILES string of the molecule is COc1ccc(CN2CCC(c3cc(NCc4ccc(Cl)s4)n(C(=O)c4ccsc4)n3)CC2)cc1. The molecule has 1 fully saturated rings. The average Bonchev–Trinajstić information content (AvgIpc) is 3.65. The minimum absolute atomic E-state index is 0.110. The third kappa shape index (κ3) is 5.78. The minimum Gasteiger partial charge on any atom is -0.497 e. The van der Waals surface area contributed by atoms with Crippen LogP contribution in [0, 0.1) is 0 Å². The molecule has 1 aromatic carbocycles. The molecule has 5 rings (SSSR count). The molecule has 0 amide bonds. The predicted molar refractivity (Wildman–Crippen MR) is 143 cm³/mol. The van der Waals surface area contributed by atoms with Gasteiger partial charge in [-0.15, -0.1) is 11.3 Å². The van der Waals surface area contributed by atoms with Crippen LogP contribution in [-0.2, 0) is 13.1 Å². The van der Waals surface area contributed by atoms with Gasteiger partial charge in [-0.3, -0.25) is 9.69 Å². The van der Waals surface area contributed by atoms with Crippen molar-refractivity contribution in [2.24, 2.45) is 0 Å². The second-order valence-electron chi connectivity index (χ2n) is 8.64. The number of piperidine rings is 1. The molecular weight excluding hydrogens is 500 g/mol. The second kappa shape index (κ2) is 11.0. The molecule has 182 valence electrons. The minimum atomic E-state index is -0.110. The first kappa shape index (κ1) is 24.1. The molecular formula is C26H27ClN4O2S2. The Labute approximate surface area is 218 Å². The van der Waals surface area contributed by atoms with Crippen molar-refractivity contribution in [2.75, 3.05) is 25.5 Å². The summed E-state index contributed by atoms with van der Waals surface area (Å²) in [4.78, 5) is 16.8. The monoisotopic (exact) mass is 526 g/mol. The fraction of sp³-hybridized carbons (Fsp3) is 0.308. The number of halogens is 1. The first-order valence-corrected chi connectivity index (χ1v) is 13.7. The number of hydrogen-bond acceptors (Lipinski definition) is 7. The van der Waals surface area contributed by atoms with Crippen LogP contribution in [0.4, 0.5) is 5.82 Å². The Kier molecular flexibility index (Phi) is 7.53. The quantitative estimate of drug-likeness (QED) is 0.290. The van der Waals surface area contributed by atoms with E-state index < -0.39 is 0 Å². The van der Waals surface area contributed by atoms with Gasteiger partial charge >= 0.3 is 0 Å². The molecule has 3 aromatic heterocycles. The van der Waals surface area contributed by atoms with Crippen LogP contribution < -0.4 is 10.1 Å². The van der Waals surface area contributed by atoms with Crippen LogP contribution in [0.3, 0.4) is 0 Å². The number of benzene rings is 1. The Balaban J connectivity index is 1.27. The maximum Gasteiger partial charge on any atom is 0.280 e. The number of aromatic nitrogens is 2. The van der Waals surface area contributed by atoms with E-state index in [0.29, 0.717) is 18.0 Å². The summed E-state index contributed by atoms with van der Waals surface area (Å²) in [5, 5.41) is 12.0. The van der Waals surface area contributed by atoms with E-state index in [4.69, 9.17) is 21.4 Å². The van der Waals surface area contributed by atoms with Crippen molar-refractivity contribution in [3.8, 4) is 5.75 Å². The number of hydrogen-bond donors (Lipinski definition) is 1. The molecule has 35 heavy (non-hydrogen) atoms. The number of likely N-dealkylation sites (tertiary alicyclic amines) is 1. The standard InChI is InChI=1S/C26H27ClN4O2S2/c1-33-21-4-2-18(3-5-21)16-30-11-8-19(9-12-30)23-14-25(28-15-22-6-7-24(27)35-22)31(29-23)26(32)20-10-13-34-17-20/h2-7,10,13-14,17,19,28H,8-9,11-12,15-16H2,1H3. The van der Waals surface area contributed by atoms with Crippen molar-refractivity contribution in [3.63, 3.8) is 0 Å². The molecule has 1 saturated heterocycles. The molecule has 4 aromatic rings. The lowest BCUT2D eigenvalue weighted by Crippen LogP contribution is -2.32. The molecule has 0 atom stereocenters. The number of nitrogens with zero attached hydrogens (tertiary/aromatic N) is 3. The molecule has 4 heterocycles. The summed E-state index contributed by atoms with van der Waals surface area (Å²) in [5.41, 5.74) is 2.92. The van der Waals surface area contributed by atoms with Gasteiger partial charge in [-0.05, 0) is 67.2 Å². The smallest absolute Gasteiger partial charge is 0.280 e. The summed E-state index contributed by atoms with van der Waals surface area (Å²) in [6.45, 7) is 3.52. The molecule has 0 radical (unpaired) electrons. The number of anilines is 1. The van der Waals surface area contributed by atoms with Crippen LogP contribution in [0.15, 0.2) is 59.3 Å². The zero-order valence-corrected chi connectivity index (χ0v) is 21.8. The zero-order chi connectivity index (χ0) is 24.2. The van der Waals surface area contributed by atoms with Crippen LogP contribution in [0.2, 0.25) is 4.34 Å². The Morgan fingerprint density at radius 2 is 1.97 bits per heavy atom. The van der Waals surface area contributed by atoms with E-state index in [1.807, 2.05) is 47.2 Å². The van der Waals surface area contributed by atoms with E-state index >= 15 is 0 Å². The fourth-order valence-electron chi connectivity index (χ4n) is 4.39. The Morgan fingerprint density at radius 1 is 1.17 bits per heavy atom. The van der Waals surface area contributed by atoms with E-state index in [2.05, 4.69) is 22.3 Å². The van der Waals surface area contributed by atoms with Crippen LogP contribution in [0.25, 0.3) is 0 Å². The van der Waals surface area contributed by atoms with Gasteiger partial charge in [0.05, 0.1) is 29.2 Å². The maximum absolute atomic E-state index is 13.2. The summed E-state index contributed by atoms with van der Waals surface area (Å²) in [7, 11) is 1.69. The largest absolute Gasteiger partial charge is 0.497 e. The number of ether oxygens (including phenoxy) is 1. The highest BCUT2D eigenvalue weighted by Gasteiger charge is 2.25. The summed E-state index contributed by atoms with van der Waals surface area (Å²) in [6.07, 6.45) is 2.03. The molecule has 1 N–H and O–H groups in total. The van der Waals surface area contributed by atoms with Gasteiger partial charge < -0.3 is 10.1 Å². The third-order valence-electron chi connectivity index (χ3n) is 6.33. The number of rotatable bonds is 8. The van der Waals surface area contributed by atoms with Crippen LogP contribution >= 0.6 is 34.3 Å². The topological polar surface area (TPSA) is 59.4 Å². The Morgan fingerprint density at radius 3 is 2.63 bits per heavy atom. The van der Waals surface area contributed by atoms with Crippen LogP contribution in [0.5, 0.6) is 5.75 Å². The molecule has 1 aliphatic rings. The first-order valence-electron chi connectivity index (χ1n) is 11.6. The zero-order valence-electron chi connectivity index (χ0n) is 19.4.